The van der Waals surface area contributed by atoms with E-state index >= 15 is 0 Å². The summed E-state index contributed by atoms with van der Waals surface area (Å²) in [4.78, 5) is 2.25. The van der Waals surface area contributed by atoms with Crippen molar-refractivity contribution in [3.05, 3.63) is 59.1 Å². The standard InChI is InChI=1S/C15H16BrN/c1-12(16)10-17(2)11-14-8-5-7-13-6-3-4-9-15(13)14/h3-9H,1,10-11H2,2H3. The Kier molecular flexibility index (Phi) is 3.97. The summed E-state index contributed by atoms with van der Waals surface area (Å²) < 4.78 is 1.01. The van der Waals surface area contributed by atoms with E-state index in [2.05, 4.69) is 76.9 Å². The van der Waals surface area contributed by atoms with Crippen molar-refractivity contribution < 1.29 is 0 Å². The van der Waals surface area contributed by atoms with Crippen molar-refractivity contribution in [1.29, 1.82) is 0 Å². The van der Waals surface area contributed by atoms with Gasteiger partial charge in [-0.1, -0.05) is 65.0 Å². The fourth-order valence-corrected chi connectivity index (χ4v) is 2.50. The molecule has 1 nitrogen and oxygen atoms in total. The van der Waals surface area contributed by atoms with Gasteiger partial charge in [0.2, 0.25) is 0 Å². The SMILES string of the molecule is C=C(Br)CN(C)Cc1cccc2ccccc12. The quantitative estimate of drug-likeness (QED) is 0.816. The maximum atomic E-state index is 3.87. The molecule has 0 saturated heterocycles. The number of nitrogens with zero attached hydrogens (tertiary/aromatic N) is 1. The minimum Gasteiger partial charge on any atom is -0.297 e. The highest BCUT2D eigenvalue weighted by atomic mass is 79.9. The molecular formula is C15H16BrN. The van der Waals surface area contributed by atoms with Crippen molar-refractivity contribution in [2.45, 2.75) is 6.54 Å². The van der Waals surface area contributed by atoms with Gasteiger partial charge in [-0.2, -0.15) is 0 Å². The Bertz CT molecular complexity index is 528. The highest BCUT2D eigenvalue weighted by Gasteiger charge is 2.04. The molecule has 0 amide bonds. The molecule has 0 fully saturated rings. The molecule has 0 unspecified atom stereocenters. The number of rotatable bonds is 4. The zero-order valence-electron chi connectivity index (χ0n) is 9.99. The summed E-state index contributed by atoms with van der Waals surface area (Å²) in [6.07, 6.45) is 0. The highest BCUT2D eigenvalue weighted by molar-refractivity contribution is 9.11. The summed E-state index contributed by atoms with van der Waals surface area (Å²) in [6, 6.07) is 15.0. The Balaban J connectivity index is 2.26. The van der Waals surface area contributed by atoms with Gasteiger partial charge in [-0.3, -0.25) is 4.90 Å². The Morgan fingerprint density at radius 2 is 1.88 bits per heavy atom. The highest BCUT2D eigenvalue weighted by Crippen LogP contribution is 2.20. The van der Waals surface area contributed by atoms with Crippen molar-refractivity contribution >= 4 is 26.7 Å². The van der Waals surface area contributed by atoms with E-state index in [1.165, 1.54) is 16.3 Å². The molecule has 17 heavy (non-hydrogen) atoms. The van der Waals surface area contributed by atoms with Gasteiger partial charge in [0.15, 0.2) is 0 Å². The molecule has 0 spiro atoms. The predicted molar refractivity (Wildman–Crippen MR) is 78.3 cm³/mol. The molecule has 0 aliphatic heterocycles. The molecule has 0 aliphatic carbocycles. The first-order valence-electron chi connectivity index (χ1n) is 5.65. The van der Waals surface area contributed by atoms with Gasteiger partial charge >= 0.3 is 0 Å². The first kappa shape index (κ1) is 12.3. The molecule has 0 saturated carbocycles. The Hall–Kier alpha value is -1.12. The number of fused-ring (bicyclic) bond motifs is 1. The average molecular weight is 290 g/mol. The molecule has 0 heterocycles. The number of halogens is 1. The summed E-state index contributed by atoms with van der Waals surface area (Å²) in [5, 5.41) is 2.64. The summed E-state index contributed by atoms with van der Waals surface area (Å²) in [7, 11) is 2.11. The van der Waals surface area contributed by atoms with Crippen molar-refractivity contribution in [3.63, 3.8) is 0 Å². The van der Waals surface area contributed by atoms with E-state index in [-0.39, 0.29) is 0 Å². The van der Waals surface area contributed by atoms with Crippen LogP contribution in [0.1, 0.15) is 5.56 Å². The summed E-state index contributed by atoms with van der Waals surface area (Å²) in [5.41, 5.74) is 1.36. The largest absolute Gasteiger partial charge is 0.297 e. The maximum Gasteiger partial charge on any atom is 0.0294 e. The van der Waals surface area contributed by atoms with Crippen LogP contribution in [0.2, 0.25) is 0 Å². The van der Waals surface area contributed by atoms with Crippen molar-refractivity contribution in [2.24, 2.45) is 0 Å². The fraction of sp³-hybridized carbons (Fsp3) is 0.200. The molecule has 2 aromatic rings. The molecule has 0 aliphatic rings. The molecule has 2 rings (SSSR count). The molecule has 0 atom stereocenters. The maximum absolute atomic E-state index is 3.87. The number of likely N-dealkylation sites (N-methyl/N-ethyl adjacent to an activating group) is 1. The van der Waals surface area contributed by atoms with E-state index in [1.54, 1.807) is 0 Å². The van der Waals surface area contributed by atoms with Crippen LogP contribution in [0.25, 0.3) is 10.8 Å². The lowest BCUT2D eigenvalue weighted by Gasteiger charge is -2.17. The van der Waals surface area contributed by atoms with Gasteiger partial charge in [-0.15, -0.1) is 0 Å². The summed E-state index contributed by atoms with van der Waals surface area (Å²) >= 11 is 3.40. The lowest BCUT2D eigenvalue weighted by Crippen LogP contribution is -2.19. The molecule has 88 valence electrons. The van der Waals surface area contributed by atoms with Crippen molar-refractivity contribution in [2.75, 3.05) is 13.6 Å². The Labute approximate surface area is 111 Å². The number of hydrogen-bond acceptors (Lipinski definition) is 1. The minimum absolute atomic E-state index is 0.864. The smallest absolute Gasteiger partial charge is 0.0294 e. The van der Waals surface area contributed by atoms with Gasteiger partial charge in [0.1, 0.15) is 0 Å². The molecule has 2 aromatic carbocycles. The lowest BCUT2D eigenvalue weighted by molar-refractivity contribution is 0.363. The van der Waals surface area contributed by atoms with Gasteiger partial charge in [0.05, 0.1) is 0 Å². The normalized spacial score (nSPS) is 11.0. The minimum atomic E-state index is 0.864. The number of hydrogen-bond donors (Lipinski definition) is 0. The second-order valence-electron chi connectivity index (χ2n) is 4.33. The van der Waals surface area contributed by atoms with E-state index in [0.29, 0.717) is 0 Å². The van der Waals surface area contributed by atoms with E-state index in [1.807, 2.05) is 0 Å². The third kappa shape index (κ3) is 3.18. The fourth-order valence-electron chi connectivity index (χ4n) is 2.07. The monoisotopic (exact) mass is 289 g/mol. The van der Waals surface area contributed by atoms with Crippen LogP contribution in [0.15, 0.2) is 53.5 Å². The van der Waals surface area contributed by atoms with Crippen molar-refractivity contribution in [3.8, 4) is 0 Å². The van der Waals surface area contributed by atoms with Crippen LogP contribution in [0.4, 0.5) is 0 Å². The molecule has 0 bridgehead atoms. The van der Waals surface area contributed by atoms with E-state index in [0.717, 1.165) is 17.6 Å². The molecular weight excluding hydrogens is 274 g/mol. The first-order chi connectivity index (χ1) is 8.16. The third-order valence-electron chi connectivity index (χ3n) is 2.76. The first-order valence-corrected chi connectivity index (χ1v) is 6.44. The van der Waals surface area contributed by atoms with E-state index in [9.17, 15) is 0 Å². The molecule has 0 radical (unpaired) electrons. The van der Waals surface area contributed by atoms with Gasteiger partial charge in [-0.25, -0.2) is 0 Å². The predicted octanol–water partition coefficient (Wildman–Crippen LogP) is 4.18. The average Bonchev–Trinajstić information content (AvgIpc) is 2.28. The van der Waals surface area contributed by atoms with Gasteiger partial charge in [0.25, 0.3) is 0 Å². The Morgan fingerprint density at radius 1 is 1.18 bits per heavy atom. The van der Waals surface area contributed by atoms with E-state index in [4.69, 9.17) is 0 Å². The summed E-state index contributed by atoms with van der Waals surface area (Å²) in [6.45, 7) is 5.67. The van der Waals surface area contributed by atoms with Crippen LogP contribution in [-0.2, 0) is 6.54 Å². The second-order valence-corrected chi connectivity index (χ2v) is 5.45. The third-order valence-corrected chi connectivity index (χ3v) is 3.01. The summed E-state index contributed by atoms with van der Waals surface area (Å²) in [5.74, 6) is 0. The van der Waals surface area contributed by atoms with Gasteiger partial charge in [0, 0.05) is 17.6 Å². The molecule has 0 N–H and O–H groups in total. The van der Waals surface area contributed by atoms with Gasteiger partial charge in [-0.05, 0) is 23.4 Å². The van der Waals surface area contributed by atoms with Crippen LogP contribution < -0.4 is 0 Å². The molecule has 2 heteroatoms. The van der Waals surface area contributed by atoms with Crippen molar-refractivity contribution in [1.82, 2.24) is 4.90 Å². The van der Waals surface area contributed by atoms with Crippen LogP contribution in [0.3, 0.4) is 0 Å². The van der Waals surface area contributed by atoms with Crippen LogP contribution in [-0.4, -0.2) is 18.5 Å². The second kappa shape index (κ2) is 5.48. The molecule has 0 aromatic heterocycles. The number of benzene rings is 2. The zero-order valence-corrected chi connectivity index (χ0v) is 11.6. The van der Waals surface area contributed by atoms with Crippen LogP contribution >= 0.6 is 15.9 Å². The van der Waals surface area contributed by atoms with E-state index < -0.39 is 0 Å². The lowest BCUT2D eigenvalue weighted by atomic mass is 10.0. The topological polar surface area (TPSA) is 3.24 Å². The van der Waals surface area contributed by atoms with Crippen LogP contribution in [0.5, 0.6) is 0 Å². The van der Waals surface area contributed by atoms with Crippen LogP contribution in [0, 0.1) is 0 Å². The zero-order chi connectivity index (χ0) is 12.3. The van der Waals surface area contributed by atoms with Gasteiger partial charge < -0.3 is 0 Å². The Morgan fingerprint density at radius 3 is 2.65 bits per heavy atom.